The molecule has 1 aromatic carbocycles. The van der Waals surface area contributed by atoms with Crippen LogP contribution in [0.2, 0.25) is 0 Å². The normalized spacial score (nSPS) is 20.2. The lowest BCUT2D eigenvalue weighted by Gasteiger charge is -2.23. The summed E-state index contributed by atoms with van der Waals surface area (Å²) in [6.07, 6.45) is 2.20. The molecule has 2 heterocycles. The molecule has 0 bridgehead atoms. The van der Waals surface area contributed by atoms with Crippen LogP contribution in [0.25, 0.3) is 10.9 Å². The Hall–Kier alpha value is -1.75. The highest BCUT2D eigenvalue weighted by Gasteiger charge is 2.20. The molecular formula is C13H15FN4. The summed E-state index contributed by atoms with van der Waals surface area (Å²) >= 11 is 0. The van der Waals surface area contributed by atoms with Gasteiger partial charge in [0, 0.05) is 23.9 Å². The Bertz CT molecular complexity index is 573. The Labute approximate surface area is 104 Å². The van der Waals surface area contributed by atoms with Crippen molar-refractivity contribution in [3.63, 3.8) is 0 Å². The second-order valence-corrected chi connectivity index (χ2v) is 4.67. The Morgan fingerprint density at radius 2 is 2.22 bits per heavy atom. The van der Waals surface area contributed by atoms with Gasteiger partial charge in [-0.15, -0.1) is 0 Å². The van der Waals surface area contributed by atoms with Crippen molar-refractivity contribution in [2.45, 2.75) is 18.8 Å². The van der Waals surface area contributed by atoms with Gasteiger partial charge in [0.25, 0.3) is 0 Å². The van der Waals surface area contributed by atoms with E-state index in [4.69, 9.17) is 5.73 Å². The number of hydrogen-bond acceptors (Lipinski definition) is 4. The molecule has 4 nitrogen and oxygen atoms in total. The SMILES string of the molecule is Nc1nc(C2CCCNC2)c2ccc(F)cc2n1. The maximum Gasteiger partial charge on any atom is 0.220 e. The molecule has 3 N–H and O–H groups in total. The average Bonchev–Trinajstić information content (AvgIpc) is 2.38. The van der Waals surface area contributed by atoms with Crippen LogP contribution in [0.3, 0.4) is 0 Å². The van der Waals surface area contributed by atoms with Crippen LogP contribution in [-0.2, 0) is 0 Å². The van der Waals surface area contributed by atoms with Crippen LogP contribution in [0.4, 0.5) is 10.3 Å². The molecule has 0 amide bonds. The topological polar surface area (TPSA) is 63.8 Å². The molecule has 3 rings (SSSR count). The van der Waals surface area contributed by atoms with Gasteiger partial charge in [0.05, 0.1) is 11.2 Å². The number of anilines is 1. The van der Waals surface area contributed by atoms with E-state index in [1.165, 1.54) is 12.1 Å². The van der Waals surface area contributed by atoms with Crippen molar-refractivity contribution in [1.82, 2.24) is 15.3 Å². The Balaban J connectivity index is 2.14. The molecule has 0 spiro atoms. The van der Waals surface area contributed by atoms with E-state index in [0.717, 1.165) is 37.0 Å². The molecule has 1 aliphatic heterocycles. The van der Waals surface area contributed by atoms with E-state index >= 15 is 0 Å². The van der Waals surface area contributed by atoms with E-state index in [1.807, 2.05) is 0 Å². The fraction of sp³-hybridized carbons (Fsp3) is 0.385. The minimum absolute atomic E-state index is 0.216. The van der Waals surface area contributed by atoms with E-state index in [9.17, 15) is 4.39 Å². The molecule has 1 unspecified atom stereocenters. The summed E-state index contributed by atoms with van der Waals surface area (Å²) in [4.78, 5) is 8.46. The highest BCUT2D eigenvalue weighted by atomic mass is 19.1. The molecule has 1 fully saturated rings. The van der Waals surface area contributed by atoms with Crippen molar-refractivity contribution in [2.75, 3.05) is 18.8 Å². The van der Waals surface area contributed by atoms with Crippen LogP contribution in [0.1, 0.15) is 24.5 Å². The fourth-order valence-corrected chi connectivity index (χ4v) is 2.54. The van der Waals surface area contributed by atoms with Gasteiger partial charge >= 0.3 is 0 Å². The van der Waals surface area contributed by atoms with E-state index in [1.54, 1.807) is 6.07 Å². The Kier molecular flexibility index (Phi) is 2.83. The minimum atomic E-state index is -0.298. The van der Waals surface area contributed by atoms with Crippen LogP contribution in [0.15, 0.2) is 18.2 Å². The molecular weight excluding hydrogens is 231 g/mol. The fourth-order valence-electron chi connectivity index (χ4n) is 2.54. The zero-order valence-electron chi connectivity index (χ0n) is 9.99. The summed E-state index contributed by atoms with van der Waals surface area (Å²) in [6.45, 7) is 1.94. The van der Waals surface area contributed by atoms with Gasteiger partial charge in [-0.25, -0.2) is 14.4 Å². The number of nitrogens with zero attached hydrogens (tertiary/aromatic N) is 2. The van der Waals surface area contributed by atoms with Gasteiger partial charge in [0.1, 0.15) is 5.82 Å². The van der Waals surface area contributed by atoms with Crippen molar-refractivity contribution < 1.29 is 4.39 Å². The monoisotopic (exact) mass is 246 g/mol. The summed E-state index contributed by atoms with van der Waals surface area (Å²) in [5.74, 6) is 0.249. The number of benzene rings is 1. The third-order valence-corrected chi connectivity index (χ3v) is 3.39. The summed E-state index contributed by atoms with van der Waals surface area (Å²) in [6, 6.07) is 4.60. The van der Waals surface area contributed by atoms with E-state index in [-0.39, 0.29) is 11.8 Å². The lowest BCUT2D eigenvalue weighted by Crippen LogP contribution is -2.29. The predicted octanol–water partition coefficient (Wildman–Crippen LogP) is 1.82. The largest absolute Gasteiger partial charge is 0.368 e. The quantitative estimate of drug-likeness (QED) is 0.805. The number of aromatic nitrogens is 2. The molecule has 1 aromatic heterocycles. The molecule has 5 heteroatoms. The summed E-state index contributed by atoms with van der Waals surface area (Å²) in [5, 5.41) is 4.26. The number of rotatable bonds is 1. The molecule has 0 saturated carbocycles. The van der Waals surface area contributed by atoms with Crippen molar-refractivity contribution in [2.24, 2.45) is 0 Å². The number of piperidine rings is 1. The van der Waals surface area contributed by atoms with Crippen molar-refractivity contribution in [1.29, 1.82) is 0 Å². The Morgan fingerprint density at radius 3 is 3.00 bits per heavy atom. The molecule has 2 aromatic rings. The first-order valence-electron chi connectivity index (χ1n) is 6.17. The molecule has 0 aliphatic carbocycles. The van der Waals surface area contributed by atoms with Gasteiger partial charge in [-0.3, -0.25) is 0 Å². The molecule has 18 heavy (non-hydrogen) atoms. The van der Waals surface area contributed by atoms with Gasteiger partial charge < -0.3 is 11.1 Å². The number of hydrogen-bond donors (Lipinski definition) is 2. The maximum absolute atomic E-state index is 13.2. The molecule has 0 radical (unpaired) electrons. The third-order valence-electron chi connectivity index (χ3n) is 3.39. The average molecular weight is 246 g/mol. The van der Waals surface area contributed by atoms with E-state index < -0.39 is 0 Å². The predicted molar refractivity (Wildman–Crippen MR) is 68.8 cm³/mol. The number of nitrogens with one attached hydrogen (secondary N) is 1. The van der Waals surface area contributed by atoms with Crippen molar-refractivity contribution in [3.05, 3.63) is 29.7 Å². The zero-order chi connectivity index (χ0) is 12.5. The first kappa shape index (κ1) is 11.3. The minimum Gasteiger partial charge on any atom is -0.368 e. The number of nitrogen functional groups attached to an aromatic ring is 1. The number of nitrogens with two attached hydrogens (primary N) is 1. The molecule has 1 atom stereocenters. The first-order chi connectivity index (χ1) is 8.74. The van der Waals surface area contributed by atoms with Gasteiger partial charge in [-0.05, 0) is 31.5 Å². The summed E-state index contributed by atoms with van der Waals surface area (Å²) < 4.78 is 13.2. The first-order valence-corrected chi connectivity index (χ1v) is 6.17. The Morgan fingerprint density at radius 1 is 1.33 bits per heavy atom. The smallest absolute Gasteiger partial charge is 0.220 e. The lowest BCUT2D eigenvalue weighted by atomic mass is 9.93. The third kappa shape index (κ3) is 2.01. The lowest BCUT2D eigenvalue weighted by molar-refractivity contribution is 0.457. The number of fused-ring (bicyclic) bond motifs is 1. The van der Waals surface area contributed by atoms with Gasteiger partial charge in [0.15, 0.2) is 0 Å². The maximum atomic E-state index is 13.2. The van der Waals surface area contributed by atoms with Crippen molar-refractivity contribution in [3.8, 4) is 0 Å². The van der Waals surface area contributed by atoms with E-state index in [2.05, 4.69) is 15.3 Å². The second kappa shape index (κ2) is 4.49. The van der Waals surface area contributed by atoms with Crippen LogP contribution in [0, 0.1) is 5.82 Å². The molecule has 1 saturated heterocycles. The van der Waals surface area contributed by atoms with Crippen LogP contribution >= 0.6 is 0 Å². The van der Waals surface area contributed by atoms with Gasteiger partial charge in [-0.1, -0.05) is 0 Å². The molecule has 94 valence electrons. The van der Waals surface area contributed by atoms with Crippen LogP contribution in [-0.4, -0.2) is 23.1 Å². The van der Waals surface area contributed by atoms with Crippen LogP contribution in [0.5, 0.6) is 0 Å². The standard InChI is InChI=1S/C13H15FN4/c14-9-3-4-10-11(6-9)17-13(15)18-12(10)8-2-1-5-16-7-8/h3-4,6,8,16H,1-2,5,7H2,(H2,15,17,18). The zero-order valence-corrected chi connectivity index (χ0v) is 9.99. The van der Waals surface area contributed by atoms with Crippen LogP contribution < -0.4 is 11.1 Å². The second-order valence-electron chi connectivity index (χ2n) is 4.67. The van der Waals surface area contributed by atoms with Gasteiger partial charge in [-0.2, -0.15) is 0 Å². The van der Waals surface area contributed by atoms with Gasteiger partial charge in [0.2, 0.25) is 5.95 Å². The van der Waals surface area contributed by atoms with Crippen molar-refractivity contribution >= 4 is 16.9 Å². The molecule has 1 aliphatic rings. The summed E-state index contributed by atoms with van der Waals surface area (Å²) in [5.41, 5.74) is 7.24. The highest BCUT2D eigenvalue weighted by molar-refractivity contribution is 5.82. The van der Waals surface area contributed by atoms with E-state index in [0.29, 0.717) is 11.4 Å². The highest BCUT2D eigenvalue weighted by Crippen LogP contribution is 2.28. The number of halogens is 1. The summed E-state index contributed by atoms with van der Waals surface area (Å²) in [7, 11) is 0.